The first-order chi connectivity index (χ1) is 12.4. The molecule has 0 aliphatic rings. The first-order valence-electron chi connectivity index (χ1n) is 7.32. The van der Waals surface area contributed by atoms with E-state index in [-0.39, 0.29) is 23.7 Å². The van der Waals surface area contributed by atoms with Crippen molar-refractivity contribution in [2.24, 2.45) is 0 Å². The Hall–Kier alpha value is -3.37. The molecule has 0 aliphatic heterocycles. The van der Waals surface area contributed by atoms with Gasteiger partial charge in [-0.15, -0.1) is 0 Å². The highest BCUT2D eigenvalue weighted by Crippen LogP contribution is 2.30. The molecule has 0 atom stereocenters. The van der Waals surface area contributed by atoms with Crippen LogP contribution in [-0.2, 0) is 12.7 Å². The predicted octanol–water partition coefficient (Wildman–Crippen LogP) is 1.95. The van der Waals surface area contributed by atoms with E-state index in [4.69, 9.17) is 4.74 Å². The molecule has 3 aromatic rings. The third-order valence-electron chi connectivity index (χ3n) is 3.43. The molecular formula is C15H13F3N6O2. The maximum atomic E-state index is 12.9. The van der Waals surface area contributed by atoms with Gasteiger partial charge < -0.3 is 10.1 Å². The summed E-state index contributed by atoms with van der Waals surface area (Å²) in [5.74, 6) is -0.00362. The van der Waals surface area contributed by atoms with Gasteiger partial charge in [0.2, 0.25) is 0 Å². The van der Waals surface area contributed by atoms with Crippen molar-refractivity contribution in [2.45, 2.75) is 12.7 Å². The number of nitrogens with one attached hydrogen (secondary N) is 2. The third kappa shape index (κ3) is 3.66. The van der Waals surface area contributed by atoms with Crippen molar-refractivity contribution in [1.82, 2.24) is 30.3 Å². The van der Waals surface area contributed by atoms with Gasteiger partial charge in [0.1, 0.15) is 12.2 Å². The van der Waals surface area contributed by atoms with Crippen LogP contribution in [0.3, 0.4) is 0 Å². The summed E-state index contributed by atoms with van der Waals surface area (Å²) in [5.41, 5.74) is -0.738. The van der Waals surface area contributed by atoms with E-state index >= 15 is 0 Å². The minimum atomic E-state index is -4.48. The largest absolute Gasteiger partial charge is 0.493 e. The minimum Gasteiger partial charge on any atom is -0.493 e. The zero-order valence-electron chi connectivity index (χ0n) is 13.4. The Kier molecular flexibility index (Phi) is 4.61. The van der Waals surface area contributed by atoms with Crippen molar-refractivity contribution in [1.29, 1.82) is 0 Å². The van der Waals surface area contributed by atoms with Gasteiger partial charge in [-0.25, -0.2) is 9.67 Å². The monoisotopic (exact) mass is 366 g/mol. The highest BCUT2D eigenvalue weighted by atomic mass is 19.4. The first-order valence-corrected chi connectivity index (χ1v) is 7.32. The molecule has 11 heteroatoms. The number of hydrogen-bond acceptors (Lipinski definition) is 5. The lowest BCUT2D eigenvalue weighted by Crippen LogP contribution is -2.24. The van der Waals surface area contributed by atoms with E-state index in [2.05, 4.69) is 25.6 Å². The lowest BCUT2D eigenvalue weighted by atomic mass is 10.2. The van der Waals surface area contributed by atoms with E-state index in [0.717, 1.165) is 16.8 Å². The molecule has 1 aromatic carbocycles. The van der Waals surface area contributed by atoms with E-state index in [1.54, 1.807) is 0 Å². The quantitative estimate of drug-likeness (QED) is 0.719. The predicted molar refractivity (Wildman–Crippen MR) is 82.7 cm³/mol. The van der Waals surface area contributed by atoms with Crippen LogP contribution in [0, 0.1) is 0 Å². The van der Waals surface area contributed by atoms with Crippen molar-refractivity contribution < 1.29 is 22.7 Å². The molecule has 1 amide bonds. The molecule has 8 nitrogen and oxygen atoms in total. The molecule has 0 spiro atoms. The van der Waals surface area contributed by atoms with Gasteiger partial charge in [-0.2, -0.15) is 23.4 Å². The summed E-state index contributed by atoms with van der Waals surface area (Å²) in [7, 11) is 1.33. The topological polar surface area (TPSA) is 97.7 Å². The standard InChI is InChI=1S/C15H13F3N6O2/c1-26-11-7-24(10-4-2-3-9(5-10)15(16,17)18)23-13(11)14(25)19-6-12-20-8-21-22-12/h2-5,7-8H,6H2,1H3,(H,19,25)(H,20,21,22). The molecule has 0 saturated heterocycles. The number of benzene rings is 1. The average Bonchev–Trinajstić information content (AvgIpc) is 3.28. The number of halogens is 3. The molecule has 2 N–H and O–H groups in total. The second-order valence-electron chi connectivity index (χ2n) is 5.15. The number of alkyl halides is 3. The molecule has 0 fully saturated rings. The lowest BCUT2D eigenvalue weighted by molar-refractivity contribution is -0.137. The Morgan fingerprint density at radius 1 is 1.38 bits per heavy atom. The van der Waals surface area contributed by atoms with Crippen molar-refractivity contribution in [3.8, 4) is 11.4 Å². The number of H-pyrrole nitrogens is 1. The first kappa shape index (κ1) is 17.5. The highest BCUT2D eigenvalue weighted by Gasteiger charge is 2.30. The second-order valence-corrected chi connectivity index (χ2v) is 5.15. The summed E-state index contributed by atoms with van der Waals surface area (Å²) >= 11 is 0. The maximum Gasteiger partial charge on any atom is 0.416 e. The Morgan fingerprint density at radius 2 is 2.19 bits per heavy atom. The number of nitrogens with zero attached hydrogens (tertiary/aromatic N) is 4. The third-order valence-corrected chi connectivity index (χ3v) is 3.43. The Labute approximate surface area is 145 Å². The lowest BCUT2D eigenvalue weighted by Gasteiger charge is -2.08. The molecule has 2 heterocycles. The Bertz CT molecular complexity index is 905. The molecule has 0 unspecified atom stereocenters. The van der Waals surface area contributed by atoms with Gasteiger partial charge in [0.05, 0.1) is 31.1 Å². The van der Waals surface area contributed by atoms with Gasteiger partial charge in [-0.05, 0) is 18.2 Å². The number of aromatic nitrogens is 5. The fourth-order valence-corrected chi connectivity index (χ4v) is 2.19. The Morgan fingerprint density at radius 3 is 2.85 bits per heavy atom. The van der Waals surface area contributed by atoms with Crippen LogP contribution < -0.4 is 10.1 Å². The SMILES string of the molecule is COc1cn(-c2cccc(C(F)(F)F)c2)nc1C(=O)NCc1ncn[nH]1. The molecule has 3 rings (SSSR count). The second kappa shape index (κ2) is 6.86. The number of ether oxygens (including phenoxy) is 1. The zero-order valence-corrected chi connectivity index (χ0v) is 13.4. The number of amides is 1. The molecule has 0 bridgehead atoms. The van der Waals surface area contributed by atoms with Gasteiger partial charge in [-0.3, -0.25) is 9.89 Å². The zero-order chi connectivity index (χ0) is 18.7. The van der Waals surface area contributed by atoms with Gasteiger partial charge >= 0.3 is 6.18 Å². The summed E-state index contributed by atoms with van der Waals surface area (Å²) in [4.78, 5) is 16.1. The molecule has 136 valence electrons. The van der Waals surface area contributed by atoms with Crippen molar-refractivity contribution in [3.63, 3.8) is 0 Å². The molecule has 26 heavy (non-hydrogen) atoms. The number of hydrogen-bond donors (Lipinski definition) is 2. The van der Waals surface area contributed by atoms with Gasteiger partial charge in [0, 0.05) is 0 Å². The van der Waals surface area contributed by atoms with Crippen molar-refractivity contribution >= 4 is 5.91 Å². The Balaban J connectivity index is 1.85. The summed E-state index contributed by atoms with van der Waals surface area (Å²) in [5, 5.41) is 12.8. The maximum absolute atomic E-state index is 12.9. The molecular weight excluding hydrogens is 353 g/mol. The van der Waals surface area contributed by atoms with Crippen LogP contribution in [0.15, 0.2) is 36.8 Å². The van der Waals surface area contributed by atoms with E-state index in [0.29, 0.717) is 5.82 Å². The summed E-state index contributed by atoms with van der Waals surface area (Å²) < 4.78 is 44.8. The van der Waals surface area contributed by atoms with Crippen molar-refractivity contribution in [2.75, 3.05) is 7.11 Å². The van der Waals surface area contributed by atoms with E-state index < -0.39 is 17.6 Å². The van der Waals surface area contributed by atoms with E-state index in [9.17, 15) is 18.0 Å². The van der Waals surface area contributed by atoms with Crippen LogP contribution in [-0.4, -0.2) is 38.0 Å². The molecule has 0 aliphatic carbocycles. The highest BCUT2D eigenvalue weighted by molar-refractivity contribution is 5.94. The van der Waals surface area contributed by atoms with Gasteiger partial charge in [0.25, 0.3) is 5.91 Å². The summed E-state index contributed by atoms with van der Waals surface area (Å²) in [6.45, 7) is 0.0818. The number of rotatable bonds is 5. The van der Waals surface area contributed by atoms with Crippen molar-refractivity contribution in [3.05, 3.63) is 53.9 Å². The van der Waals surface area contributed by atoms with E-state index in [1.165, 1.54) is 31.8 Å². The molecule has 2 aromatic heterocycles. The number of methoxy groups -OCH3 is 1. The van der Waals surface area contributed by atoms with Crippen LogP contribution in [0.25, 0.3) is 5.69 Å². The fourth-order valence-electron chi connectivity index (χ4n) is 2.19. The normalized spacial score (nSPS) is 11.4. The molecule has 0 radical (unpaired) electrons. The smallest absolute Gasteiger partial charge is 0.416 e. The van der Waals surface area contributed by atoms with Crippen LogP contribution in [0.1, 0.15) is 21.9 Å². The number of carbonyl (C=O) groups excluding carboxylic acids is 1. The van der Waals surface area contributed by atoms with Gasteiger partial charge in [-0.1, -0.05) is 6.07 Å². The minimum absolute atomic E-state index is 0.0653. The summed E-state index contributed by atoms with van der Waals surface area (Å²) in [6.07, 6.45) is -1.85. The van der Waals surface area contributed by atoms with Crippen LogP contribution >= 0.6 is 0 Å². The number of carbonyl (C=O) groups is 1. The van der Waals surface area contributed by atoms with E-state index in [1.807, 2.05) is 0 Å². The fraction of sp³-hybridized carbons (Fsp3) is 0.200. The number of aromatic amines is 1. The van der Waals surface area contributed by atoms with Crippen LogP contribution in [0.4, 0.5) is 13.2 Å². The average molecular weight is 366 g/mol. The van der Waals surface area contributed by atoms with Crippen LogP contribution in [0.5, 0.6) is 5.75 Å². The summed E-state index contributed by atoms with van der Waals surface area (Å²) in [6, 6.07) is 4.59. The van der Waals surface area contributed by atoms with Crippen LogP contribution in [0.2, 0.25) is 0 Å². The van der Waals surface area contributed by atoms with Gasteiger partial charge in [0.15, 0.2) is 11.4 Å². The molecule has 0 saturated carbocycles.